The summed E-state index contributed by atoms with van der Waals surface area (Å²) in [5.74, 6) is 0. The third kappa shape index (κ3) is 6.99. The number of para-hydroxylation sites is 5. The van der Waals surface area contributed by atoms with Crippen LogP contribution in [0.5, 0.6) is 0 Å². The highest BCUT2D eigenvalue weighted by Gasteiger charge is 2.24. The maximum Gasteiger partial charge on any atom is 0.0618 e. The SMILES string of the molecule is c1ccc(-c2ccc(N(c3ccc(-c4ccccc4)cc3)c3c(-c4ccc5c6ccccc6n(-c6ccccc6)c5c4)cccc3-c3ccc4c5ccccc5n(-c5ccccc5)c4c3)cc2)cc1. The van der Waals surface area contributed by atoms with Crippen molar-refractivity contribution in [3.05, 3.63) is 273 Å². The maximum absolute atomic E-state index is 2.47. The monoisotopic (exact) mass is 879 g/mol. The predicted octanol–water partition coefficient (Wildman–Crippen LogP) is 18.0. The van der Waals surface area contributed by atoms with Crippen molar-refractivity contribution in [2.45, 2.75) is 0 Å². The first kappa shape index (κ1) is 40.1. The van der Waals surface area contributed by atoms with E-state index < -0.39 is 0 Å². The second-order valence-corrected chi connectivity index (χ2v) is 17.7. The molecule has 0 aliphatic rings. The lowest BCUT2D eigenvalue weighted by Crippen LogP contribution is -2.13. The number of aromatic nitrogens is 2. The first-order valence-electron chi connectivity index (χ1n) is 23.7. The molecule has 2 aromatic heterocycles. The summed E-state index contributed by atoms with van der Waals surface area (Å²) in [6.07, 6.45) is 0. The van der Waals surface area contributed by atoms with Gasteiger partial charge in [-0.05, 0) is 106 Å². The molecular formula is C66H45N3. The molecular weight excluding hydrogens is 835 g/mol. The van der Waals surface area contributed by atoms with Crippen molar-refractivity contribution >= 4 is 60.7 Å². The Kier molecular flexibility index (Phi) is 9.84. The van der Waals surface area contributed by atoms with Crippen LogP contribution < -0.4 is 4.90 Å². The Labute approximate surface area is 401 Å². The van der Waals surface area contributed by atoms with E-state index in [1.165, 1.54) is 54.8 Å². The average molecular weight is 880 g/mol. The summed E-state index contributed by atoms with van der Waals surface area (Å²) in [4.78, 5) is 2.47. The lowest BCUT2D eigenvalue weighted by atomic mass is 9.93. The molecule has 11 aromatic carbocycles. The molecule has 0 bridgehead atoms. The van der Waals surface area contributed by atoms with E-state index >= 15 is 0 Å². The fraction of sp³-hybridized carbons (Fsp3) is 0. The third-order valence-corrected chi connectivity index (χ3v) is 13.7. The van der Waals surface area contributed by atoms with E-state index in [4.69, 9.17) is 0 Å². The van der Waals surface area contributed by atoms with Gasteiger partial charge in [0.05, 0.1) is 27.8 Å². The molecule has 0 radical (unpaired) electrons. The fourth-order valence-corrected chi connectivity index (χ4v) is 10.5. The summed E-state index contributed by atoms with van der Waals surface area (Å²) < 4.78 is 4.83. The number of hydrogen-bond acceptors (Lipinski definition) is 1. The molecule has 13 aromatic rings. The normalized spacial score (nSPS) is 11.5. The summed E-state index contributed by atoms with van der Waals surface area (Å²) in [5.41, 5.74) is 19.4. The quantitative estimate of drug-likeness (QED) is 0.141. The van der Waals surface area contributed by atoms with Crippen LogP contribution in [0.25, 0.3) is 99.5 Å². The van der Waals surface area contributed by atoms with E-state index in [2.05, 4.69) is 287 Å². The van der Waals surface area contributed by atoms with Crippen molar-refractivity contribution in [1.29, 1.82) is 0 Å². The number of anilines is 3. The van der Waals surface area contributed by atoms with Crippen molar-refractivity contribution < 1.29 is 0 Å². The van der Waals surface area contributed by atoms with Crippen molar-refractivity contribution in [3.8, 4) is 55.9 Å². The lowest BCUT2D eigenvalue weighted by molar-refractivity contribution is 1.18. The highest BCUT2D eigenvalue weighted by Crippen LogP contribution is 2.49. The van der Waals surface area contributed by atoms with Crippen molar-refractivity contribution in [2.24, 2.45) is 0 Å². The molecule has 0 amide bonds. The van der Waals surface area contributed by atoms with Gasteiger partial charge in [-0.15, -0.1) is 0 Å². The van der Waals surface area contributed by atoms with Crippen LogP contribution in [0.2, 0.25) is 0 Å². The van der Waals surface area contributed by atoms with Gasteiger partial charge in [-0.2, -0.15) is 0 Å². The van der Waals surface area contributed by atoms with Crippen molar-refractivity contribution in [1.82, 2.24) is 9.13 Å². The molecule has 0 aliphatic carbocycles. The van der Waals surface area contributed by atoms with Gasteiger partial charge in [-0.3, -0.25) is 0 Å². The van der Waals surface area contributed by atoms with Crippen molar-refractivity contribution in [2.75, 3.05) is 4.90 Å². The van der Waals surface area contributed by atoms with Crippen LogP contribution in [-0.2, 0) is 0 Å². The van der Waals surface area contributed by atoms with Crippen LogP contribution in [0.4, 0.5) is 17.1 Å². The van der Waals surface area contributed by atoms with E-state index in [1.807, 2.05) is 0 Å². The Morgan fingerprint density at radius 3 is 0.986 bits per heavy atom. The number of fused-ring (bicyclic) bond motifs is 6. The molecule has 0 aliphatic heterocycles. The smallest absolute Gasteiger partial charge is 0.0618 e. The fourth-order valence-electron chi connectivity index (χ4n) is 10.5. The minimum Gasteiger partial charge on any atom is -0.309 e. The van der Waals surface area contributed by atoms with Crippen LogP contribution in [0, 0.1) is 0 Å². The molecule has 0 saturated heterocycles. The zero-order valence-corrected chi connectivity index (χ0v) is 37.8. The molecule has 13 rings (SSSR count). The van der Waals surface area contributed by atoms with E-state index in [-0.39, 0.29) is 0 Å². The summed E-state index contributed by atoms with van der Waals surface area (Å²) in [5, 5.41) is 4.91. The van der Waals surface area contributed by atoms with E-state index in [0.717, 1.165) is 61.7 Å². The van der Waals surface area contributed by atoms with Gasteiger partial charge in [-0.25, -0.2) is 0 Å². The van der Waals surface area contributed by atoms with Gasteiger partial charge in [0.1, 0.15) is 0 Å². The molecule has 3 nitrogen and oxygen atoms in total. The van der Waals surface area contributed by atoms with Crippen LogP contribution in [-0.4, -0.2) is 9.13 Å². The first-order chi connectivity index (χ1) is 34.2. The summed E-state index contributed by atoms with van der Waals surface area (Å²) >= 11 is 0. The van der Waals surface area contributed by atoms with E-state index in [1.54, 1.807) is 0 Å². The van der Waals surface area contributed by atoms with Gasteiger partial charge in [0, 0.05) is 55.4 Å². The molecule has 0 spiro atoms. The van der Waals surface area contributed by atoms with Gasteiger partial charge in [-0.1, -0.05) is 200 Å². The molecule has 324 valence electrons. The molecule has 0 atom stereocenters. The Morgan fingerprint density at radius 2 is 0.565 bits per heavy atom. The molecule has 0 unspecified atom stereocenters. The second-order valence-electron chi connectivity index (χ2n) is 17.7. The largest absolute Gasteiger partial charge is 0.309 e. The topological polar surface area (TPSA) is 13.1 Å². The number of rotatable bonds is 9. The van der Waals surface area contributed by atoms with Gasteiger partial charge in [0.2, 0.25) is 0 Å². The Bertz CT molecular complexity index is 3710. The van der Waals surface area contributed by atoms with Crippen molar-refractivity contribution in [3.63, 3.8) is 0 Å². The number of benzene rings is 11. The van der Waals surface area contributed by atoms with Crippen LogP contribution in [0.15, 0.2) is 273 Å². The summed E-state index contributed by atoms with van der Waals surface area (Å²) in [7, 11) is 0. The molecule has 69 heavy (non-hydrogen) atoms. The van der Waals surface area contributed by atoms with Crippen LogP contribution in [0.1, 0.15) is 0 Å². The minimum atomic E-state index is 1.06. The molecule has 3 heteroatoms. The van der Waals surface area contributed by atoms with Gasteiger partial charge in [0.25, 0.3) is 0 Å². The van der Waals surface area contributed by atoms with Crippen LogP contribution in [0.3, 0.4) is 0 Å². The van der Waals surface area contributed by atoms with E-state index in [0.29, 0.717) is 0 Å². The lowest BCUT2D eigenvalue weighted by Gasteiger charge is -2.31. The number of nitrogens with zero attached hydrogens (tertiary/aromatic N) is 3. The van der Waals surface area contributed by atoms with Gasteiger partial charge >= 0.3 is 0 Å². The number of hydrogen-bond donors (Lipinski definition) is 0. The summed E-state index contributed by atoms with van der Waals surface area (Å²) in [6.45, 7) is 0. The zero-order chi connectivity index (χ0) is 45.7. The molecule has 0 fully saturated rings. The Hall–Kier alpha value is -9.18. The highest BCUT2D eigenvalue weighted by molar-refractivity contribution is 6.13. The van der Waals surface area contributed by atoms with E-state index in [9.17, 15) is 0 Å². The van der Waals surface area contributed by atoms with Gasteiger partial charge in [0.15, 0.2) is 0 Å². The van der Waals surface area contributed by atoms with Gasteiger partial charge < -0.3 is 14.0 Å². The second kappa shape index (κ2) is 16.9. The minimum absolute atomic E-state index is 1.06. The molecule has 0 N–H and O–H groups in total. The molecule has 0 saturated carbocycles. The highest BCUT2D eigenvalue weighted by atomic mass is 15.1. The zero-order valence-electron chi connectivity index (χ0n) is 37.8. The average Bonchev–Trinajstić information content (AvgIpc) is 3.94. The third-order valence-electron chi connectivity index (χ3n) is 13.7. The van der Waals surface area contributed by atoms with Crippen LogP contribution >= 0.6 is 0 Å². The Balaban J connectivity index is 1.10. The Morgan fingerprint density at radius 1 is 0.232 bits per heavy atom. The first-order valence-corrected chi connectivity index (χ1v) is 23.7. The standard InChI is InChI=1S/C66H45N3/c1-5-18-46(19-6-1)48-32-38-54(39-33-48)67(55-40-34-49(35-41-55)47-20-7-2-8-21-47)66-56(50-36-42-60-58-26-13-15-30-62(58)68(64(60)44-50)52-22-9-3-10-23-52)28-17-29-57(66)51-37-43-61-59-27-14-16-31-63(59)69(65(61)45-51)53-24-11-4-12-25-53/h1-45H. The predicted molar refractivity (Wildman–Crippen MR) is 292 cm³/mol. The summed E-state index contributed by atoms with van der Waals surface area (Å²) in [6, 6.07) is 99.4. The maximum atomic E-state index is 2.47. The molecule has 2 heterocycles.